The molecule has 0 saturated heterocycles. The number of carboxylic acid groups (broad SMARTS) is 1. The van der Waals surface area contributed by atoms with Crippen LogP contribution < -0.4 is 5.32 Å². The number of aromatic nitrogens is 1. The SMILES string of the molecule is O=C(O)c1ccc(NC(=O)c2ncc(Cl)c(Cl)c2Cl)s1. The summed E-state index contributed by atoms with van der Waals surface area (Å²) in [6.45, 7) is 0. The van der Waals surface area contributed by atoms with Crippen molar-refractivity contribution >= 4 is 63.0 Å². The van der Waals surface area contributed by atoms with Crippen molar-refractivity contribution < 1.29 is 14.7 Å². The first-order chi connectivity index (χ1) is 9.40. The van der Waals surface area contributed by atoms with E-state index >= 15 is 0 Å². The fourth-order valence-corrected chi connectivity index (χ4v) is 2.60. The van der Waals surface area contributed by atoms with E-state index in [-0.39, 0.29) is 25.6 Å². The lowest BCUT2D eigenvalue weighted by Gasteiger charge is -2.05. The molecule has 104 valence electrons. The molecule has 1 amide bonds. The molecule has 2 heterocycles. The fraction of sp³-hybridized carbons (Fsp3) is 0. The van der Waals surface area contributed by atoms with E-state index in [0.29, 0.717) is 5.00 Å². The van der Waals surface area contributed by atoms with Gasteiger partial charge in [0.15, 0.2) is 0 Å². The smallest absolute Gasteiger partial charge is 0.345 e. The standard InChI is InChI=1S/C11H5Cl3N2O3S/c12-4-3-15-9(8(14)7(4)13)10(17)16-6-2-1-5(20-6)11(18)19/h1-3H,(H,16,17)(H,18,19). The summed E-state index contributed by atoms with van der Waals surface area (Å²) in [6, 6.07) is 2.85. The average Bonchev–Trinajstić information content (AvgIpc) is 2.84. The maximum absolute atomic E-state index is 12.0. The molecule has 0 bridgehead atoms. The summed E-state index contributed by atoms with van der Waals surface area (Å²) in [5.41, 5.74) is -0.0914. The normalized spacial score (nSPS) is 10.3. The summed E-state index contributed by atoms with van der Waals surface area (Å²) >= 11 is 18.3. The van der Waals surface area contributed by atoms with Gasteiger partial charge in [0.05, 0.1) is 20.1 Å². The van der Waals surface area contributed by atoms with E-state index < -0.39 is 11.9 Å². The van der Waals surface area contributed by atoms with Crippen LogP contribution in [0.15, 0.2) is 18.3 Å². The Morgan fingerprint density at radius 2 is 1.90 bits per heavy atom. The molecular weight excluding hydrogens is 347 g/mol. The highest BCUT2D eigenvalue weighted by Gasteiger charge is 2.18. The molecule has 0 aromatic carbocycles. The molecule has 2 N–H and O–H groups in total. The minimum atomic E-state index is -1.07. The fourth-order valence-electron chi connectivity index (χ4n) is 1.29. The Bertz CT molecular complexity index is 702. The van der Waals surface area contributed by atoms with Crippen LogP contribution in [-0.4, -0.2) is 22.0 Å². The predicted octanol–water partition coefficient (Wildman–Crippen LogP) is 4.05. The van der Waals surface area contributed by atoms with Gasteiger partial charge in [-0.1, -0.05) is 34.8 Å². The molecule has 2 aromatic rings. The number of nitrogens with one attached hydrogen (secondary N) is 1. The van der Waals surface area contributed by atoms with Gasteiger partial charge >= 0.3 is 5.97 Å². The Morgan fingerprint density at radius 3 is 2.50 bits per heavy atom. The van der Waals surface area contributed by atoms with Gasteiger partial charge in [0, 0.05) is 6.20 Å². The molecule has 0 unspecified atom stereocenters. The maximum atomic E-state index is 12.0. The Labute approximate surface area is 132 Å². The molecule has 20 heavy (non-hydrogen) atoms. The summed E-state index contributed by atoms with van der Waals surface area (Å²) in [4.78, 5) is 26.6. The van der Waals surface area contributed by atoms with Crippen LogP contribution in [0, 0.1) is 0 Å². The second kappa shape index (κ2) is 5.97. The largest absolute Gasteiger partial charge is 0.477 e. The van der Waals surface area contributed by atoms with Gasteiger partial charge in [0.1, 0.15) is 10.6 Å². The molecule has 0 fully saturated rings. The van der Waals surface area contributed by atoms with E-state index in [4.69, 9.17) is 39.9 Å². The number of thiophene rings is 1. The Morgan fingerprint density at radius 1 is 1.20 bits per heavy atom. The van der Waals surface area contributed by atoms with Crippen LogP contribution in [0.3, 0.4) is 0 Å². The van der Waals surface area contributed by atoms with E-state index in [9.17, 15) is 9.59 Å². The highest BCUT2D eigenvalue weighted by atomic mass is 35.5. The van der Waals surface area contributed by atoms with Gasteiger partial charge in [-0.15, -0.1) is 11.3 Å². The van der Waals surface area contributed by atoms with E-state index in [1.165, 1.54) is 18.3 Å². The van der Waals surface area contributed by atoms with Crippen molar-refractivity contribution in [2.45, 2.75) is 0 Å². The van der Waals surface area contributed by atoms with E-state index in [2.05, 4.69) is 10.3 Å². The Kier molecular flexibility index (Phi) is 4.49. The van der Waals surface area contributed by atoms with E-state index in [1.54, 1.807) is 0 Å². The second-order valence-corrected chi connectivity index (χ2v) is 5.75. The van der Waals surface area contributed by atoms with Crippen LogP contribution in [0.2, 0.25) is 15.1 Å². The van der Waals surface area contributed by atoms with Crippen molar-refractivity contribution in [1.82, 2.24) is 4.98 Å². The summed E-state index contributed by atoms with van der Waals surface area (Å²) in [5.74, 6) is -1.67. The van der Waals surface area contributed by atoms with Gasteiger partial charge < -0.3 is 10.4 Å². The van der Waals surface area contributed by atoms with Crippen molar-refractivity contribution in [3.05, 3.63) is 44.0 Å². The first kappa shape index (κ1) is 15.1. The number of anilines is 1. The number of amides is 1. The third-order valence-electron chi connectivity index (χ3n) is 2.19. The molecule has 0 atom stereocenters. The molecule has 9 heteroatoms. The molecule has 5 nitrogen and oxygen atoms in total. The van der Waals surface area contributed by atoms with Gasteiger partial charge in [0.25, 0.3) is 5.91 Å². The first-order valence-electron chi connectivity index (χ1n) is 5.04. The molecule has 0 saturated carbocycles. The molecular formula is C11H5Cl3N2O3S. The lowest BCUT2D eigenvalue weighted by atomic mass is 10.3. The monoisotopic (exact) mass is 350 g/mol. The summed E-state index contributed by atoms with van der Waals surface area (Å²) < 4.78 is 0. The predicted molar refractivity (Wildman–Crippen MR) is 78.5 cm³/mol. The zero-order chi connectivity index (χ0) is 14.9. The van der Waals surface area contributed by atoms with Crippen LogP contribution in [0.1, 0.15) is 20.2 Å². The van der Waals surface area contributed by atoms with Crippen molar-refractivity contribution in [1.29, 1.82) is 0 Å². The first-order valence-corrected chi connectivity index (χ1v) is 6.99. The van der Waals surface area contributed by atoms with Crippen LogP contribution in [0.25, 0.3) is 0 Å². The number of rotatable bonds is 3. The Hall–Kier alpha value is -1.34. The van der Waals surface area contributed by atoms with Crippen molar-refractivity contribution in [3.63, 3.8) is 0 Å². The molecule has 0 aliphatic heterocycles. The topological polar surface area (TPSA) is 79.3 Å². The zero-order valence-electron chi connectivity index (χ0n) is 9.49. The highest BCUT2D eigenvalue weighted by molar-refractivity contribution is 7.18. The second-order valence-electron chi connectivity index (χ2n) is 3.51. The number of halogens is 3. The summed E-state index contributed by atoms with van der Waals surface area (Å²) in [7, 11) is 0. The van der Waals surface area contributed by atoms with E-state index in [0.717, 1.165) is 11.3 Å². The molecule has 0 spiro atoms. The van der Waals surface area contributed by atoms with Crippen molar-refractivity contribution in [2.24, 2.45) is 0 Å². The lowest BCUT2D eigenvalue weighted by Crippen LogP contribution is -2.13. The average molecular weight is 352 g/mol. The number of aromatic carboxylic acids is 1. The van der Waals surface area contributed by atoms with Gasteiger partial charge in [-0.3, -0.25) is 4.79 Å². The lowest BCUT2D eigenvalue weighted by molar-refractivity contribution is 0.0702. The molecule has 0 aliphatic rings. The molecule has 2 aromatic heterocycles. The minimum Gasteiger partial charge on any atom is -0.477 e. The number of carbonyl (C=O) groups excluding carboxylic acids is 1. The van der Waals surface area contributed by atoms with E-state index in [1.807, 2.05) is 0 Å². The molecule has 0 aliphatic carbocycles. The quantitative estimate of drug-likeness (QED) is 0.874. The molecule has 2 rings (SSSR count). The van der Waals surface area contributed by atoms with Crippen LogP contribution in [-0.2, 0) is 0 Å². The Balaban J connectivity index is 2.24. The minimum absolute atomic E-state index is 0.0332. The maximum Gasteiger partial charge on any atom is 0.345 e. The number of nitrogens with zero attached hydrogens (tertiary/aromatic N) is 1. The number of pyridine rings is 1. The van der Waals surface area contributed by atoms with Gasteiger partial charge in [-0.2, -0.15) is 0 Å². The number of carbonyl (C=O) groups is 2. The number of carboxylic acids is 1. The van der Waals surface area contributed by atoms with Gasteiger partial charge in [-0.05, 0) is 12.1 Å². The summed E-state index contributed by atoms with van der Waals surface area (Å²) in [6.07, 6.45) is 1.21. The van der Waals surface area contributed by atoms with Crippen LogP contribution in [0.5, 0.6) is 0 Å². The molecule has 0 radical (unpaired) electrons. The number of hydrogen-bond acceptors (Lipinski definition) is 4. The zero-order valence-corrected chi connectivity index (χ0v) is 12.6. The van der Waals surface area contributed by atoms with Gasteiger partial charge in [-0.25, -0.2) is 9.78 Å². The van der Waals surface area contributed by atoms with Crippen molar-refractivity contribution in [2.75, 3.05) is 5.32 Å². The van der Waals surface area contributed by atoms with Crippen LogP contribution >= 0.6 is 46.1 Å². The highest BCUT2D eigenvalue weighted by Crippen LogP contribution is 2.31. The third-order valence-corrected chi connectivity index (χ3v) is 4.42. The van der Waals surface area contributed by atoms with Gasteiger partial charge in [0.2, 0.25) is 0 Å². The third kappa shape index (κ3) is 3.04. The summed E-state index contributed by atoms with van der Waals surface area (Å²) in [5, 5.41) is 11.7. The van der Waals surface area contributed by atoms with Crippen LogP contribution in [0.4, 0.5) is 5.00 Å². The van der Waals surface area contributed by atoms with Crippen molar-refractivity contribution in [3.8, 4) is 0 Å². The number of hydrogen-bond donors (Lipinski definition) is 2.